The van der Waals surface area contributed by atoms with Gasteiger partial charge in [0.1, 0.15) is 5.82 Å². The zero-order valence-corrected chi connectivity index (χ0v) is 15.7. The normalized spacial score (nSPS) is 16.7. The molecule has 0 spiro atoms. The number of rotatable bonds is 5. The number of nitrogens with one attached hydrogen (secondary N) is 1. The quantitative estimate of drug-likeness (QED) is 0.685. The van der Waals surface area contributed by atoms with Crippen molar-refractivity contribution in [1.82, 2.24) is 4.90 Å². The van der Waals surface area contributed by atoms with Gasteiger partial charge in [0.15, 0.2) is 0 Å². The average Bonchev–Trinajstić information content (AvgIpc) is 3.17. The maximum absolute atomic E-state index is 13.0. The molecule has 0 bridgehead atoms. The lowest BCUT2D eigenvalue weighted by atomic mass is 9.93. The maximum atomic E-state index is 13.0. The van der Waals surface area contributed by atoms with Crippen LogP contribution in [0.5, 0.6) is 0 Å². The number of thiophene rings is 1. The van der Waals surface area contributed by atoms with Gasteiger partial charge in [0.25, 0.3) is 0 Å². The summed E-state index contributed by atoms with van der Waals surface area (Å²) in [6.45, 7) is 1.62. The van der Waals surface area contributed by atoms with E-state index >= 15 is 0 Å². The molecule has 2 heterocycles. The number of hydrogen-bond acceptors (Lipinski definition) is 3. The second kappa shape index (κ2) is 8.03. The Labute approximate surface area is 162 Å². The highest BCUT2D eigenvalue weighted by Crippen LogP contribution is 2.37. The number of anilines is 1. The number of halogens is 1. The molecule has 0 saturated carbocycles. The zero-order chi connectivity index (χ0) is 18.6. The summed E-state index contributed by atoms with van der Waals surface area (Å²) in [5, 5.41) is 5.01. The highest BCUT2D eigenvalue weighted by Gasteiger charge is 2.29. The van der Waals surface area contributed by atoms with E-state index in [1.807, 2.05) is 17.4 Å². The van der Waals surface area contributed by atoms with Crippen molar-refractivity contribution in [1.29, 1.82) is 0 Å². The van der Waals surface area contributed by atoms with Crippen LogP contribution in [0.2, 0.25) is 0 Å². The standard InChI is InChI=1S/C22H21FN2OS/c23-17-6-8-18(9-7-17)24-21(26)11-14-25-13-10-20-19(12-15-27-20)22(25)16-4-2-1-3-5-16/h1-9,12,15,22H,10-11,13-14H2,(H,24,26). The maximum Gasteiger partial charge on any atom is 0.225 e. The monoisotopic (exact) mass is 380 g/mol. The minimum Gasteiger partial charge on any atom is -0.326 e. The third kappa shape index (κ3) is 4.10. The molecular weight excluding hydrogens is 359 g/mol. The van der Waals surface area contributed by atoms with Crippen LogP contribution in [0.25, 0.3) is 0 Å². The summed E-state index contributed by atoms with van der Waals surface area (Å²) in [7, 11) is 0. The average molecular weight is 380 g/mol. The summed E-state index contributed by atoms with van der Waals surface area (Å²) >= 11 is 1.82. The van der Waals surface area contributed by atoms with Gasteiger partial charge in [-0.25, -0.2) is 4.39 Å². The van der Waals surface area contributed by atoms with Crippen LogP contribution in [0.4, 0.5) is 10.1 Å². The molecule has 2 aromatic carbocycles. The fourth-order valence-electron chi connectivity index (χ4n) is 3.64. The van der Waals surface area contributed by atoms with Gasteiger partial charge < -0.3 is 5.32 Å². The molecule has 1 N–H and O–H groups in total. The summed E-state index contributed by atoms with van der Waals surface area (Å²) in [4.78, 5) is 16.2. The summed E-state index contributed by atoms with van der Waals surface area (Å²) in [5.74, 6) is -0.358. The first-order chi connectivity index (χ1) is 13.2. The molecule has 138 valence electrons. The van der Waals surface area contributed by atoms with Crippen molar-refractivity contribution in [3.05, 3.63) is 87.9 Å². The molecule has 1 unspecified atom stereocenters. The Morgan fingerprint density at radius 3 is 2.67 bits per heavy atom. The Morgan fingerprint density at radius 1 is 1.11 bits per heavy atom. The molecule has 3 nitrogen and oxygen atoms in total. The van der Waals surface area contributed by atoms with Crippen LogP contribution in [-0.2, 0) is 11.2 Å². The number of carbonyl (C=O) groups is 1. The van der Waals surface area contributed by atoms with Crippen LogP contribution >= 0.6 is 11.3 Å². The first kappa shape index (κ1) is 17.9. The fraction of sp³-hybridized carbons (Fsp3) is 0.227. The van der Waals surface area contributed by atoms with Crippen molar-refractivity contribution in [2.45, 2.75) is 18.9 Å². The van der Waals surface area contributed by atoms with Gasteiger partial charge in [0.2, 0.25) is 5.91 Å². The number of nitrogens with zero attached hydrogens (tertiary/aromatic N) is 1. The van der Waals surface area contributed by atoms with Crippen LogP contribution in [0.3, 0.4) is 0 Å². The molecule has 0 radical (unpaired) electrons. The first-order valence-corrected chi connectivity index (χ1v) is 9.99. The minimum absolute atomic E-state index is 0.0514. The molecule has 4 rings (SSSR count). The second-order valence-electron chi connectivity index (χ2n) is 6.70. The van der Waals surface area contributed by atoms with E-state index in [-0.39, 0.29) is 17.8 Å². The van der Waals surface area contributed by atoms with Crippen molar-refractivity contribution in [3.63, 3.8) is 0 Å². The van der Waals surface area contributed by atoms with Crippen molar-refractivity contribution >= 4 is 22.9 Å². The lowest BCUT2D eigenvalue weighted by Gasteiger charge is -2.36. The Hall–Kier alpha value is -2.50. The van der Waals surface area contributed by atoms with Gasteiger partial charge in [-0.3, -0.25) is 9.69 Å². The number of fused-ring (bicyclic) bond motifs is 1. The van der Waals surface area contributed by atoms with Crippen LogP contribution in [0.15, 0.2) is 66.0 Å². The van der Waals surface area contributed by atoms with E-state index in [4.69, 9.17) is 0 Å². The van der Waals surface area contributed by atoms with E-state index in [9.17, 15) is 9.18 Å². The number of amides is 1. The Morgan fingerprint density at radius 2 is 1.89 bits per heavy atom. The molecule has 1 aliphatic heterocycles. The molecule has 1 atom stereocenters. The van der Waals surface area contributed by atoms with Crippen LogP contribution in [0, 0.1) is 5.82 Å². The summed E-state index contributed by atoms with van der Waals surface area (Å²) in [5.41, 5.74) is 3.24. The van der Waals surface area contributed by atoms with Gasteiger partial charge in [-0.05, 0) is 53.3 Å². The smallest absolute Gasteiger partial charge is 0.225 e. The highest BCUT2D eigenvalue weighted by molar-refractivity contribution is 7.10. The van der Waals surface area contributed by atoms with Gasteiger partial charge >= 0.3 is 0 Å². The van der Waals surface area contributed by atoms with Crippen molar-refractivity contribution in [3.8, 4) is 0 Å². The largest absolute Gasteiger partial charge is 0.326 e. The van der Waals surface area contributed by atoms with E-state index in [2.05, 4.69) is 45.9 Å². The molecule has 1 amide bonds. The highest BCUT2D eigenvalue weighted by atomic mass is 32.1. The van der Waals surface area contributed by atoms with Gasteiger partial charge in [-0.2, -0.15) is 0 Å². The minimum atomic E-state index is -0.307. The zero-order valence-electron chi connectivity index (χ0n) is 14.9. The van der Waals surface area contributed by atoms with E-state index in [0.29, 0.717) is 18.7 Å². The molecule has 0 saturated heterocycles. The van der Waals surface area contributed by atoms with Gasteiger partial charge in [-0.1, -0.05) is 30.3 Å². The summed E-state index contributed by atoms with van der Waals surface area (Å²) in [6.07, 6.45) is 1.43. The van der Waals surface area contributed by atoms with E-state index in [1.54, 1.807) is 12.1 Å². The topological polar surface area (TPSA) is 32.3 Å². The predicted molar refractivity (Wildman–Crippen MR) is 108 cm³/mol. The molecule has 0 aliphatic carbocycles. The van der Waals surface area contributed by atoms with Gasteiger partial charge in [0, 0.05) is 30.1 Å². The van der Waals surface area contributed by atoms with Crippen LogP contribution in [0.1, 0.15) is 28.5 Å². The first-order valence-electron chi connectivity index (χ1n) is 9.11. The SMILES string of the molecule is O=C(CCN1CCc2sccc2C1c1ccccc1)Nc1ccc(F)cc1. The second-order valence-corrected chi connectivity index (χ2v) is 7.70. The van der Waals surface area contributed by atoms with Crippen molar-refractivity contribution < 1.29 is 9.18 Å². The summed E-state index contributed by atoms with van der Waals surface area (Å²) in [6, 6.07) is 18.7. The van der Waals surface area contributed by atoms with E-state index in [0.717, 1.165) is 13.0 Å². The fourth-order valence-corrected chi connectivity index (χ4v) is 4.54. The van der Waals surface area contributed by atoms with Crippen LogP contribution < -0.4 is 5.32 Å². The third-order valence-corrected chi connectivity index (χ3v) is 5.93. The molecule has 3 aromatic rings. The molecule has 0 fully saturated rings. The number of hydrogen-bond donors (Lipinski definition) is 1. The molecular formula is C22H21FN2OS. The number of benzene rings is 2. The lowest BCUT2D eigenvalue weighted by Crippen LogP contribution is -2.37. The number of carbonyl (C=O) groups excluding carboxylic acids is 1. The van der Waals surface area contributed by atoms with E-state index in [1.165, 1.54) is 28.1 Å². The lowest BCUT2D eigenvalue weighted by molar-refractivity contribution is -0.116. The van der Waals surface area contributed by atoms with Gasteiger partial charge in [0.05, 0.1) is 6.04 Å². The Bertz CT molecular complexity index is 908. The molecule has 27 heavy (non-hydrogen) atoms. The predicted octanol–water partition coefficient (Wildman–Crippen LogP) is 4.86. The summed E-state index contributed by atoms with van der Waals surface area (Å²) < 4.78 is 13.0. The molecule has 1 aromatic heterocycles. The van der Waals surface area contributed by atoms with Crippen LogP contribution in [-0.4, -0.2) is 23.9 Å². The third-order valence-electron chi connectivity index (χ3n) is 4.94. The van der Waals surface area contributed by atoms with Gasteiger partial charge in [-0.15, -0.1) is 11.3 Å². The Balaban J connectivity index is 1.46. The molecule has 1 aliphatic rings. The van der Waals surface area contributed by atoms with E-state index < -0.39 is 0 Å². The van der Waals surface area contributed by atoms with Crippen molar-refractivity contribution in [2.75, 3.05) is 18.4 Å². The Kier molecular flexibility index (Phi) is 5.32. The molecule has 5 heteroatoms. The van der Waals surface area contributed by atoms with Crippen molar-refractivity contribution in [2.24, 2.45) is 0 Å².